The SMILES string of the molecule is CNCc1ccc(OCCCOCC(F)(F)F)cn1. The van der Waals surface area contributed by atoms with Crippen LogP contribution in [-0.4, -0.2) is 38.0 Å². The second-order valence-electron chi connectivity index (χ2n) is 3.89. The van der Waals surface area contributed by atoms with Crippen LogP contribution in [0, 0.1) is 0 Å². The van der Waals surface area contributed by atoms with E-state index in [0.717, 1.165) is 5.69 Å². The Hall–Kier alpha value is -1.34. The Kier molecular flexibility index (Phi) is 6.58. The smallest absolute Gasteiger partial charge is 0.411 e. The topological polar surface area (TPSA) is 43.4 Å². The maximum absolute atomic E-state index is 11.8. The Morgan fingerprint density at radius 1 is 1.26 bits per heavy atom. The van der Waals surface area contributed by atoms with Crippen LogP contribution in [-0.2, 0) is 11.3 Å². The number of alkyl halides is 3. The van der Waals surface area contributed by atoms with Crippen molar-refractivity contribution in [2.24, 2.45) is 0 Å². The highest BCUT2D eigenvalue weighted by atomic mass is 19.4. The fourth-order valence-corrected chi connectivity index (χ4v) is 1.32. The first kappa shape index (κ1) is 15.7. The van der Waals surface area contributed by atoms with Crippen molar-refractivity contribution in [1.29, 1.82) is 0 Å². The second kappa shape index (κ2) is 7.96. The van der Waals surface area contributed by atoms with E-state index in [1.165, 1.54) is 0 Å². The normalized spacial score (nSPS) is 11.6. The van der Waals surface area contributed by atoms with E-state index < -0.39 is 12.8 Å². The third-order valence-electron chi connectivity index (χ3n) is 2.12. The van der Waals surface area contributed by atoms with Crippen LogP contribution >= 0.6 is 0 Å². The fourth-order valence-electron chi connectivity index (χ4n) is 1.32. The fraction of sp³-hybridized carbons (Fsp3) is 0.583. The van der Waals surface area contributed by atoms with E-state index in [2.05, 4.69) is 15.0 Å². The van der Waals surface area contributed by atoms with E-state index >= 15 is 0 Å². The van der Waals surface area contributed by atoms with Crippen LogP contribution in [0.15, 0.2) is 18.3 Å². The highest BCUT2D eigenvalue weighted by Crippen LogP contribution is 2.14. The summed E-state index contributed by atoms with van der Waals surface area (Å²) in [6.07, 6.45) is -2.29. The van der Waals surface area contributed by atoms with Crippen LogP contribution in [0.3, 0.4) is 0 Å². The molecule has 1 heterocycles. The van der Waals surface area contributed by atoms with Gasteiger partial charge in [-0.05, 0) is 19.2 Å². The summed E-state index contributed by atoms with van der Waals surface area (Å²) in [6, 6.07) is 3.60. The van der Waals surface area contributed by atoms with Crippen molar-refractivity contribution in [2.45, 2.75) is 19.1 Å². The van der Waals surface area contributed by atoms with Gasteiger partial charge in [0.15, 0.2) is 0 Å². The van der Waals surface area contributed by atoms with Crippen molar-refractivity contribution in [3.05, 3.63) is 24.0 Å². The van der Waals surface area contributed by atoms with Crippen LogP contribution in [0.25, 0.3) is 0 Å². The minimum absolute atomic E-state index is 0.0186. The third kappa shape index (κ3) is 7.63. The lowest BCUT2D eigenvalue weighted by molar-refractivity contribution is -0.174. The van der Waals surface area contributed by atoms with Crippen molar-refractivity contribution in [3.8, 4) is 5.75 Å². The maximum atomic E-state index is 11.8. The van der Waals surface area contributed by atoms with Gasteiger partial charge >= 0.3 is 6.18 Å². The van der Waals surface area contributed by atoms with Crippen molar-refractivity contribution >= 4 is 0 Å². The first-order valence-electron chi connectivity index (χ1n) is 5.88. The molecule has 4 nitrogen and oxygen atoms in total. The van der Waals surface area contributed by atoms with Gasteiger partial charge in [0.25, 0.3) is 0 Å². The number of aromatic nitrogens is 1. The van der Waals surface area contributed by atoms with Gasteiger partial charge in [0.2, 0.25) is 0 Å². The summed E-state index contributed by atoms with van der Waals surface area (Å²) in [5.41, 5.74) is 0.892. The summed E-state index contributed by atoms with van der Waals surface area (Å²) >= 11 is 0. The van der Waals surface area contributed by atoms with Gasteiger partial charge < -0.3 is 14.8 Å². The second-order valence-corrected chi connectivity index (χ2v) is 3.89. The zero-order valence-electron chi connectivity index (χ0n) is 10.7. The molecule has 0 aromatic carbocycles. The standard InChI is InChI=1S/C12H17F3N2O2/c1-16-7-10-3-4-11(8-17-10)19-6-2-5-18-9-12(13,14)15/h3-4,8,16H,2,5-7,9H2,1H3. The number of nitrogens with zero attached hydrogens (tertiary/aromatic N) is 1. The number of rotatable bonds is 8. The summed E-state index contributed by atoms with van der Waals surface area (Å²) in [4.78, 5) is 4.15. The van der Waals surface area contributed by atoms with Crippen LogP contribution in [0.4, 0.5) is 13.2 Å². The van der Waals surface area contributed by atoms with Gasteiger partial charge in [-0.15, -0.1) is 0 Å². The van der Waals surface area contributed by atoms with Crippen molar-refractivity contribution in [3.63, 3.8) is 0 Å². The Balaban J connectivity index is 2.12. The van der Waals surface area contributed by atoms with E-state index in [-0.39, 0.29) is 6.61 Å². The molecule has 0 fully saturated rings. The molecule has 0 aliphatic heterocycles. The molecule has 0 amide bonds. The molecule has 0 radical (unpaired) electrons. The zero-order valence-corrected chi connectivity index (χ0v) is 10.7. The van der Waals surface area contributed by atoms with Gasteiger partial charge in [-0.3, -0.25) is 4.98 Å². The monoisotopic (exact) mass is 278 g/mol. The number of pyridine rings is 1. The quantitative estimate of drug-likeness (QED) is 0.740. The Morgan fingerprint density at radius 3 is 2.63 bits per heavy atom. The van der Waals surface area contributed by atoms with Crippen LogP contribution < -0.4 is 10.1 Å². The molecule has 1 rings (SSSR count). The molecule has 1 N–H and O–H groups in total. The number of ether oxygens (including phenoxy) is 2. The van der Waals surface area contributed by atoms with Crippen molar-refractivity contribution < 1.29 is 22.6 Å². The van der Waals surface area contributed by atoms with Gasteiger partial charge in [0.1, 0.15) is 12.4 Å². The van der Waals surface area contributed by atoms with Gasteiger partial charge in [0.05, 0.1) is 25.1 Å². The summed E-state index contributed by atoms with van der Waals surface area (Å²) in [6.45, 7) is -0.228. The lowest BCUT2D eigenvalue weighted by atomic mass is 10.3. The molecule has 0 bridgehead atoms. The average molecular weight is 278 g/mol. The molecule has 0 atom stereocenters. The van der Waals surface area contributed by atoms with Crippen LogP contribution in [0.5, 0.6) is 5.75 Å². The third-order valence-corrected chi connectivity index (χ3v) is 2.12. The minimum atomic E-state index is -4.27. The summed E-state index contributed by atoms with van der Waals surface area (Å²) in [7, 11) is 1.83. The molecule has 0 unspecified atom stereocenters. The van der Waals surface area contributed by atoms with E-state index in [0.29, 0.717) is 25.3 Å². The number of halogens is 3. The molecule has 1 aromatic heterocycles. The molecule has 7 heteroatoms. The van der Waals surface area contributed by atoms with Crippen LogP contribution in [0.1, 0.15) is 12.1 Å². The van der Waals surface area contributed by atoms with E-state index in [9.17, 15) is 13.2 Å². The molecule has 0 spiro atoms. The summed E-state index contributed by atoms with van der Waals surface area (Å²) in [5, 5.41) is 2.97. The zero-order chi connectivity index (χ0) is 14.1. The van der Waals surface area contributed by atoms with Crippen molar-refractivity contribution in [1.82, 2.24) is 10.3 Å². The van der Waals surface area contributed by atoms with Gasteiger partial charge in [0, 0.05) is 13.0 Å². The number of hydrogen-bond acceptors (Lipinski definition) is 4. The minimum Gasteiger partial charge on any atom is -0.492 e. The Morgan fingerprint density at radius 2 is 2.05 bits per heavy atom. The van der Waals surface area contributed by atoms with Gasteiger partial charge in [-0.1, -0.05) is 0 Å². The largest absolute Gasteiger partial charge is 0.492 e. The average Bonchev–Trinajstić information content (AvgIpc) is 2.35. The van der Waals surface area contributed by atoms with Gasteiger partial charge in [-0.25, -0.2) is 0 Å². The lowest BCUT2D eigenvalue weighted by Crippen LogP contribution is -2.18. The molecule has 19 heavy (non-hydrogen) atoms. The molecular weight excluding hydrogens is 261 g/mol. The number of hydrogen-bond donors (Lipinski definition) is 1. The first-order chi connectivity index (χ1) is 9.01. The highest BCUT2D eigenvalue weighted by Gasteiger charge is 2.27. The molecule has 0 saturated carbocycles. The number of nitrogens with one attached hydrogen (secondary N) is 1. The predicted octanol–water partition coefficient (Wildman–Crippen LogP) is 2.15. The molecule has 1 aromatic rings. The molecular formula is C12H17F3N2O2. The molecule has 108 valence electrons. The van der Waals surface area contributed by atoms with E-state index in [4.69, 9.17) is 4.74 Å². The van der Waals surface area contributed by atoms with E-state index in [1.807, 2.05) is 13.1 Å². The van der Waals surface area contributed by atoms with E-state index in [1.54, 1.807) is 12.3 Å². The van der Waals surface area contributed by atoms with Crippen LogP contribution in [0.2, 0.25) is 0 Å². The molecule has 0 aliphatic rings. The Labute approximate surface area is 109 Å². The highest BCUT2D eigenvalue weighted by molar-refractivity contribution is 5.19. The molecule has 0 aliphatic carbocycles. The predicted molar refractivity (Wildman–Crippen MR) is 64.0 cm³/mol. The van der Waals surface area contributed by atoms with Gasteiger partial charge in [-0.2, -0.15) is 13.2 Å². The Bertz CT molecular complexity index is 355. The van der Waals surface area contributed by atoms with Crippen molar-refractivity contribution in [2.75, 3.05) is 26.9 Å². The maximum Gasteiger partial charge on any atom is 0.411 e. The summed E-state index contributed by atoms with van der Waals surface area (Å²) in [5.74, 6) is 0.593. The first-order valence-corrected chi connectivity index (χ1v) is 5.88. The summed E-state index contributed by atoms with van der Waals surface area (Å²) < 4.78 is 45.1. The molecule has 0 saturated heterocycles. The lowest BCUT2D eigenvalue weighted by Gasteiger charge is -2.08.